The number of hydroxylamine groups is 2. The largest absolute Gasteiger partial charge is 0.474 e. The van der Waals surface area contributed by atoms with Crippen LogP contribution in [0.5, 0.6) is 5.88 Å². The van der Waals surface area contributed by atoms with Crippen molar-refractivity contribution in [3.05, 3.63) is 23.4 Å². The summed E-state index contributed by atoms with van der Waals surface area (Å²) in [5, 5.41) is 1.16. The van der Waals surface area contributed by atoms with Crippen molar-refractivity contribution in [2.45, 2.75) is 77.2 Å². The minimum Gasteiger partial charge on any atom is -0.474 e. The molecule has 0 saturated carbocycles. The number of aromatic nitrogens is 1. The number of amides is 2. The number of piperidine rings is 1. The highest BCUT2D eigenvalue weighted by Crippen LogP contribution is 2.38. The number of fused-ring (bicyclic) bond motifs is 2. The molecule has 3 rings (SSSR count). The molecule has 3 heterocycles. The normalized spacial score (nSPS) is 23.7. The number of carbonyl (C=O) groups is 2. The molecule has 160 valence electrons. The smallest absolute Gasteiger partial charge is 0.410 e. The van der Waals surface area contributed by atoms with Crippen LogP contribution in [-0.2, 0) is 9.57 Å². The Labute approximate surface area is 172 Å². The van der Waals surface area contributed by atoms with Gasteiger partial charge in [0.1, 0.15) is 11.7 Å². The molecule has 2 aliphatic heterocycles. The van der Waals surface area contributed by atoms with E-state index in [1.54, 1.807) is 19.2 Å². The van der Waals surface area contributed by atoms with E-state index in [4.69, 9.17) is 14.3 Å². The van der Waals surface area contributed by atoms with Crippen molar-refractivity contribution in [2.75, 3.05) is 14.2 Å². The SMILES string of the molecule is CON(C)C(=O)c1cc(C)nc(O[C@H]2C[C@H]3CC[C@@H](C2)N3C(=O)OC(C)(C)C)c1. The second-order valence-electron chi connectivity index (χ2n) is 8.80. The molecule has 8 heteroatoms. The van der Waals surface area contributed by atoms with Crippen molar-refractivity contribution in [3.63, 3.8) is 0 Å². The maximum absolute atomic E-state index is 12.6. The molecule has 0 spiro atoms. The van der Waals surface area contributed by atoms with Gasteiger partial charge in [-0.25, -0.2) is 14.8 Å². The van der Waals surface area contributed by atoms with Gasteiger partial charge < -0.3 is 14.4 Å². The second-order valence-corrected chi connectivity index (χ2v) is 8.80. The molecule has 2 saturated heterocycles. The van der Waals surface area contributed by atoms with Crippen LogP contribution in [0.25, 0.3) is 0 Å². The molecule has 0 N–H and O–H groups in total. The maximum atomic E-state index is 12.6. The van der Waals surface area contributed by atoms with Crippen LogP contribution in [0.3, 0.4) is 0 Å². The molecule has 2 aliphatic rings. The Morgan fingerprint density at radius 1 is 1.17 bits per heavy atom. The highest BCUT2D eigenvalue weighted by atomic mass is 16.7. The minimum atomic E-state index is -0.506. The van der Waals surface area contributed by atoms with Crippen LogP contribution in [0.4, 0.5) is 4.79 Å². The van der Waals surface area contributed by atoms with E-state index in [1.807, 2.05) is 32.6 Å². The zero-order valence-corrected chi connectivity index (χ0v) is 18.1. The lowest BCUT2D eigenvalue weighted by Crippen LogP contribution is -2.50. The van der Waals surface area contributed by atoms with E-state index in [1.165, 1.54) is 7.11 Å². The number of aryl methyl sites for hydroxylation is 1. The number of hydrogen-bond donors (Lipinski definition) is 0. The third-order valence-corrected chi connectivity index (χ3v) is 5.32. The van der Waals surface area contributed by atoms with Crippen LogP contribution in [-0.4, -0.2) is 64.9 Å². The lowest BCUT2D eigenvalue weighted by Gasteiger charge is -2.39. The summed E-state index contributed by atoms with van der Waals surface area (Å²) in [6.45, 7) is 7.47. The summed E-state index contributed by atoms with van der Waals surface area (Å²) in [4.78, 5) is 36.3. The maximum Gasteiger partial charge on any atom is 0.410 e. The highest BCUT2D eigenvalue weighted by Gasteiger charge is 2.45. The molecule has 0 aromatic carbocycles. The fourth-order valence-electron chi connectivity index (χ4n) is 4.09. The van der Waals surface area contributed by atoms with Gasteiger partial charge in [-0.15, -0.1) is 0 Å². The highest BCUT2D eigenvalue weighted by molar-refractivity contribution is 5.93. The molecule has 8 nitrogen and oxygen atoms in total. The van der Waals surface area contributed by atoms with Crippen LogP contribution >= 0.6 is 0 Å². The van der Waals surface area contributed by atoms with E-state index < -0.39 is 5.60 Å². The van der Waals surface area contributed by atoms with E-state index in [0.29, 0.717) is 17.1 Å². The number of pyridine rings is 1. The average molecular weight is 405 g/mol. The monoisotopic (exact) mass is 405 g/mol. The number of ether oxygens (including phenoxy) is 2. The van der Waals surface area contributed by atoms with Gasteiger partial charge in [-0.2, -0.15) is 0 Å². The lowest BCUT2D eigenvalue weighted by molar-refractivity contribution is -0.0757. The first-order valence-electron chi connectivity index (χ1n) is 10.1. The topological polar surface area (TPSA) is 81.2 Å². The predicted octanol–water partition coefficient (Wildman–Crippen LogP) is 3.33. The summed E-state index contributed by atoms with van der Waals surface area (Å²) in [5.74, 6) is 0.163. The molecule has 0 radical (unpaired) electrons. The Bertz CT molecular complexity index is 762. The fourth-order valence-corrected chi connectivity index (χ4v) is 4.09. The molecule has 2 bridgehead atoms. The van der Waals surface area contributed by atoms with Gasteiger partial charge in [-0.05, 0) is 46.6 Å². The lowest BCUT2D eigenvalue weighted by atomic mass is 10.00. The van der Waals surface area contributed by atoms with Crippen molar-refractivity contribution in [1.29, 1.82) is 0 Å². The van der Waals surface area contributed by atoms with Crippen LogP contribution in [0.1, 0.15) is 62.5 Å². The average Bonchev–Trinajstić information content (AvgIpc) is 2.89. The Morgan fingerprint density at radius 3 is 2.34 bits per heavy atom. The Hall–Kier alpha value is -2.35. The van der Waals surface area contributed by atoms with E-state index >= 15 is 0 Å². The van der Waals surface area contributed by atoms with E-state index in [-0.39, 0.29) is 30.2 Å². The van der Waals surface area contributed by atoms with Gasteiger partial charge in [-0.1, -0.05) is 0 Å². The summed E-state index contributed by atoms with van der Waals surface area (Å²) in [6, 6.07) is 3.57. The van der Waals surface area contributed by atoms with Crippen molar-refractivity contribution in [3.8, 4) is 5.88 Å². The van der Waals surface area contributed by atoms with Gasteiger partial charge in [0.15, 0.2) is 0 Å². The van der Waals surface area contributed by atoms with Crippen LogP contribution < -0.4 is 4.74 Å². The number of carbonyl (C=O) groups excluding carboxylic acids is 2. The molecule has 3 atom stereocenters. The first-order chi connectivity index (χ1) is 13.6. The van der Waals surface area contributed by atoms with Crippen LogP contribution in [0.2, 0.25) is 0 Å². The molecule has 29 heavy (non-hydrogen) atoms. The van der Waals surface area contributed by atoms with Gasteiger partial charge in [0.2, 0.25) is 5.88 Å². The molecular weight excluding hydrogens is 374 g/mol. The summed E-state index contributed by atoms with van der Waals surface area (Å²) in [5.41, 5.74) is 0.656. The second kappa shape index (κ2) is 8.18. The van der Waals surface area contributed by atoms with Crippen molar-refractivity contribution >= 4 is 12.0 Å². The Balaban J connectivity index is 1.68. The fraction of sp³-hybridized carbons (Fsp3) is 0.667. The third kappa shape index (κ3) is 4.98. The van der Waals surface area contributed by atoms with Crippen molar-refractivity contribution in [2.24, 2.45) is 0 Å². The van der Waals surface area contributed by atoms with Gasteiger partial charge in [-0.3, -0.25) is 9.63 Å². The third-order valence-electron chi connectivity index (χ3n) is 5.32. The molecule has 2 amide bonds. The number of rotatable bonds is 4. The first-order valence-corrected chi connectivity index (χ1v) is 10.1. The molecular formula is C21H31N3O5. The summed E-state index contributed by atoms with van der Waals surface area (Å²) in [7, 11) is 3.00. The molecule has 1 aromatic rings. The van der Waals surface area contributed by atoms with Gasteiger partial charge in [0, 0.05) is 49.3 Å². The summed E-state index contributed by atoms with van der Waals surface area (Å²) in [6.07, 6.45) is 3.07. The molecule has 0 unspecified atom stereocenters. The quantitative estimate of drug-likeness (QED) is 0.715. The van der Waals surface area contributed by atoms with Crippen molar-refractivity contribution in [1.82, 2.24) is 14.9 Å². The summed E-state index contributed by atoms with van der Waals surface area (Å²) >= 11 is 0. The van der Waals surface area contributed by atoms with Crippen LogP contribution in [0.15, 0.2) is 12.1 Å². The molecule has 2 fully saturated rings. The molecule has 0 aliphatic carbocycles. The number of nitrogens with zero attached hydrogens (tertiary/aromatic N) is 3. The summed E-state index contributed by atoms with van der Waals surface area (Å²) < 4.78 is 11.7. The number of hydrogen-bond acceptors (Lipinski definition) is 6. The molecule has 1 aromatic heterocycles. The standard InChI is InChI=1S/C21H31N3O5/c1-13-9-14(19(25)23(5)27-6)10-18(22-13)28-17-11-15-7-8-16(12-17)24(15)20(26)29-21(2,3)4/h9-10,15-17H,7-8,11-12H2,1-6H3/t15-,16+,17+. The van der Waals surface area contributed by atoms with E-state index in [0.717, 1.165) is 30.7 Å². The van der Waals surface area contributed by atoms with Crippen LogP contribution in [0, 0.1) is 6.92 Å². The Morgan fingerprint density at radius 2 is 1.79 bits per heavy atom. The van der Waals surface area contributed by atoms with Gasteiger partial charge in [0.25, 0.3) is 5.91 Å². The van der Waals surface area contributed by atoms with E-state index in [9.17, 15) is 9.59 Å². The first kappa shape index (κ1) is 21.4. The van der Waals surface area contributed by atoms with E-state index in [2.05, 4.69) is 4.98 Å². The predicted molar refractivity (Wildman–Crippen MR) is 107 cm³/mol. The zero-order valence-electron chi connectivity index (χ0n) is 18.1. The van der Waals surface area contributed by atoms with Crippen molar-refractivity contribution < 1.29 is 23.9 Å². The minimum absolute atomic E-state index is 0.0522. The zero-order chi connectivity index (χ0) is 21.3. The Kier molecular flexibility index (Phi) is 6.03. The van der Waals surface area contributed by atoms with Gasteiger partial charge in [0.05, 0.1) is 7.11 Å². The van der Waals surface area contributed by atoms with Gasteiger partial charge >= 0.3 is 6.09 Å².